The Morgan fingerprint density at radius 1 is 1.27 bits per heavy atom. The van der Waals surface area contributed by atoms with Crippen LogP contribution in [-0.4, -0.2) is 50.5 Å². The summed E-state index contributed by atoms with van der Waals surface area (Å²) in [4.78, 5) is 41.2. The molecule has 0 saturated carbocycles. The molecule has 1 heterocycles. The molecule has 1 aromatic heterocycles. The van der Waals surface area contributed by atoms with Gasteiger partial charge in [0.15, 0.2) is 5.96 Å². The lowest BCUT2D eigenvalue weighted by Gasteiger charge is -2.22. The number of rotatable bonds is 10. The number of carbonyl (C=O) groups excluding carboxylic acids is 1. The molecule has 0 aliphatic rings. The summed E-state index contributed by atoms with van der Waals surface area (Å²) in [6, 6.07) is 4.56. The van der Waals surface area contributed by atoms with Gasteiger partial charge in [0.05, 0.1) is 5.39 Å². The molecule has 30 heavy (non-hydrogen) atoms. The number of nitrogens with one attached hydrogen (secondary N) is 1. The van der Waals surface area contributed by atoms with Gasteiger partial charge in [-0.25, -0.2) is 4.79 Å². The van der Waals surface area contributed by atoms with Crippen molar-refractivity contribution < 1.29 is 14.7 Å². The smallest absolute Gasteiger partial charge is 0.326 e. The molecule has 1 aromatic carbocycles. The zero-order valence-electron chi connectivity index (χ0n) is 17.0. The number of guanidine groups is 1. The van der Waals surface area contributed by atoms with E-state index in [-0.39, 0.29) is 24.8 Å². The summed E-state index contributed by atoms with van der Waals surface area (Å²) >= 11 is 0. The van der Waals surface area contributed by atoms with E-state index in [4.69, 9.17) is 11.5 Å². The Morgan fingerprint density at radius 2 is 1.97 bits per heavy atom. The van der Waals surface area contributed by atoms with Crippen molar-refractivity contribution >= 4 is 28.7 Å². The van der Waals surface area contributed by atoms with E-state index in [0.29, 0.717) is 23.7 Å². The number of aromatic nitrogens is 3. The van der Waals surface area contributed by atoms with E-state index in [2.05, 4.69) is 20.6 Å². The van der Waals surface area contributed by atoms with E-state index in [1.54, 1.807) is 24.3 Å². The van der Waals surface area contributed by atoms with Crippen LogP contribution in [0.4, 0.5) is 0 Å². The van der Waals surface area contributed by atoms with Crippen LogP contribution in [0.2, 0.25) is 0 Å². The van der Waals surface area contributed by atoms with E-state index in [1.165, 1.54) is 0 Å². The van der Waals surface area contributed by atoms with E-state index >= 15 is 0 Å². The van der Waals surface area contributed by atoms with Gasteiger partial charge in [-0.05, 0) is 37.3 Å². The van der Waals surface area contributed by atoms with Crippen molar-refractivity contribution in [2.75, 3.05) is 6.54 Å². The molecule has 2 aromatic rings. The van der Waals surface area contributed by atoms with Gasteiger partial charge in [0.25, 0.3) is 5.56 Å². The number of hydrogen-bond donors (Lipinski definition) is 4. The van der Waals surface area contributed by atoms with Crippen molar-refractivity contribution in [3.8, 4) is 0 Å². The Kier molecular flexibility index (Phi) is 7.84. The highest BCUT2D eigenvalue weighted by molar-refractivity contribution is 5.86. The summed E-state index contributed by atoms with van der Waals surface area (Å²) in [5, 5.41) is 20.3. The van der Waals surface area contributed by atoms with Gasteiger partial charge in [-0.2, -0.15) is 4.68 Å². The average molecular weight is 417 g/mol. The number of carboxylic acid groups (broad SMARTS) is 1. The standard InChI is InChI=1S/C19H27N7O4/c1-11(2)10-15(26-17(28)12-6-3-4-7-13(12)24-25-26)16(27)23-14(18(29)30)8-5-9-22-19(20)21/h3-4,6-7,11,14-15H,5,8-10H2,1-2H3,(H,23,27)(H,29,30)(H4,20,21,22). The summed E-state index contributed by atoms with van der Waals surface area (Å²) in [6.07, 6.45) is 0.781. The molecule has 0 aliphatic carbocycles. The molecule has 0 saturated heterocycles. The molecule has 162 valence electrons. The SMILES string of the molecule is CC(C)CC(C(=O)NC(CCCN=C(N)N)C(=O)O)n1nnc2ccccc2c1=O. The van der Waals surface area contributed by atoms with Gasteiger partial charge in [-0.1, -0.05) is 31.2 Å². The number of nitrogens with two attached hydrogens (primary N) is 2. The molecule has 0 aliphatic heterocycles. The van der Waals surface area contributed by atoms with Crippen molar-refractivity contribution in [3.05, 3.63) is 34.6 Å². The maximum Gasteiger partial charge on any atom is 0.326 e. The number of nitrogens with zero attached hydrogens (tertiary/aromatic N) is 4. The summed E-state index contributed by atoms with van der Waals surface area (Å²) in [5.41, 5.74) is 10.5. The zero-order valence-corrected chi connectivity index (χ0v) is 17.0. The first-order chi connectivity index (χ1) is 14.2. The van der Waals surface area contributed by atoms with Crippen LogP contribution in [0.1, 0.15) is 39.2 Å². The Morgan fingerprint density at radius 3 is 2.60 bits per heavy atom. The minimum atomic E-state index is -1.19. The maximum atomic E-state index is 13.0. The van der Waals surface area contributed by atoms with Crippen LogP contribution in [0, 0.1) is 5.92 Å². The van der Waals surface area contributed by atoms with E-state index < -0.39 is 29.5 Å². The second-order valence-corrected chi connectivity index (χ2v) is 7.35. The van der Waals surface area contributed by atoms with Crippen molar-refractivity contribution in [2.45, 2.75) is 45.2 Å². The van der Waals surface area contributed by atoms with Gasteiger partial charge >= 0.3 is 5.97 Å². The van der Waals surface area contributed by atoms with E-state index in [9.17, 15) is 19.5 Å². The van der Waals surface area contributed by atoms with Crippen molar-refractivity contribution in [3.63, 3.8) is 0 Å². The van der Waals surface area contributed by atoms with Crippen LogP contribution < -0.4 is 22.3 Å². The Labute approximate surface area is 173 Å². The van der Waals surface area contributed by atoms with Crippen LogP contribution in [0.3, 0.4) is 0 Å². The number of carbonyl (C=O) groups is 2. The quantitative estimate of drug-likeness (QED) is 0.237. The highest BCUT2D eigenvalue weighted by Gasteiger charge is 2.29. The maximum absolute atomic E-state index is 13.0. The first-order valence-corrected chi connectivity index (χ1v) is 9.63. The van der Waals surface area contributed by atoms with Crippen LogP contribution >= 0.6 is 0 Å². The van der Waals surface area contributed by atoms with Crippen LogP contribution in [-0.2, 0) is 9.59 Å². The molecule has 0 radical (unpaired) electrons. The molecule has 6 N–H and O–H groups in total. The van der Waals surface area contributed by atoms with Crippen molar-refractivity contribution in [1.82, 2.24) is 20.3 Å². The molecule has 2 unspecified atom stereocenters. The number of hydrogen-bond acceptors (Lipinski definition) is 6. The van der Waals surface area contributed by atoms with Crippen LogP contribution in [0.25, 0.3) is 10.9 Å². The monoisotopic (exact) mass is 417 g/mol. The van der Waals surface area contributed by atoms with Gasteiger partial charge in [-0.15, -0.1) is 5.10 Å². The molecule has 0 fully saturated rings. The normalized spacial score (nSPS) is 13.0. The molecule has 0 bridgehead atoms. The molecule has 0 spiro atoms. The first-order valence-electron chi connectivity index (χ1n) is 9.63. The number of benzene rings is 1. The highest BCUT2D eigenvalue weighted by Crippen LogP contribution is 2.17. The van der Waals surface area contributed by atoms with Gasteiger partial charge in [-0.3, -0.25) is 14.6 Å². The molecular weight excluding hydrogens is 390 g/mol. The minimum absolute atomic E-state index is 0.0473. The van der Waals surface area contributed by atoms with Crippen LogP contribution in [0.5, 0.6) is 0 Å². The Hall–Kier alpha value is -3.50. The number of carboxylic acids is 1. The molecule has 1 amide bonds. The second kappa shape index (κ2) is 10.3. The lowest BCUT2D eigenvalue weighted by atomic mass is 10.0. The molecule has 11 heteroatoms. The summed E-state index contributed by atoms with van der Waals surface area (Å²) < 4.78 is 1.02. The zero-order chi connectivity index (χ0) is 22.3. The van der Waals surface area contributed by atoms with Crippen LogP contribution in [0.15, 0.2) is 34.1 Å². The largest absolute Gasteiger partial charge is 0.480 e. The fourth-order valence-corrected chi connectivity index (χ4v) is 3.00. The Balaban J connectivity index is 2.26. The summed E-state index contributed by atoms with van der Waals surface area (Å²) in [7, 11) is 0. The summed E-state index contributed by atoms with van der Waals surface area (Å²) in [6.45, 7) is 4.03. The number of aliphatic imine (C=N–C) groups is 1. The van der Waals surface area contributed by atoms with E-state index in [1.807, 2.05) is 13.8 Å². The third-order valence-electron chi connectivity index (χ3n) is 4.44. The third kappa shape index (κ3) is 6.00. The lowest BCUT2D eigenvalue weighted by molar-refractivity contribution is -0.142. The molecule has 11 nitrogen and oxygen atoms in total. The minimum Gasteiger partial charge on any atom is -0.480 e. The predicted molar refractivity (Wildman–Crippen MR) is 112 cm³/mol. The second-order valence-electron chi connectivity index (χ2n) is 7.35. The van der Waals surface area contributed by atoms with Gasteiger partial charge < -0.3 is 21.9 Å². The summed E-state index contributed by atoms with van der Waals surface area (Å²) in [5.74, 6) is -1.83. The molecular formula is C19H27N7O4. The average Bonchev–Trinajstić information content (AvgIpc) is 2.68. The fraction of sp³-hybridized carbons (Fsp3) is 0.474. The topological polar surface area (TPSA) is 179 Å². The Bertz CT molecular complexity index is 982. The number of fused-ring (bicyclic) bond motifs is 1. The van der Waals surface area contributed by atoms with Gasteiger partial charge in [0, 0.05) is 6.54 Å². The van der Waals surface area contributed by atoms with Crippen molar-refractivity contribution in [2.24, 2.45) is 22.4 Å². The number of aliphatic carboxylic acids is 1. The molecule has 2 rings (SSSR count). The first kappa shape index (κ1) is 22.8. The van der Waals surface area contributed by atoms with Gasteiger partial charge in [0.1, 0.15) is 17.6 Å². The van der Waals surface area contributed by atoms with Gasteiger partial charge in [0.2, 0.25) is 5.91 Å². The fourth-order valence-electron chi connectivity index (χ4n) is 3.00. The molecule has 2 atom stereocenters. The number of amides is 1. The third-order valence-corrected chi connectivity index (χ3v) is 4.44. The predicted octanol–water partition coefficient (Wildman–Crippen LogP) is 0.00170. The van der Waals surface area contributed by atoms with Crippen molar-refractivity contribution in [1.29, 1.82) is 0 Å². The highest BCUT2D eigenvalue weighted by atomic mass is 16.4. The lowest BCUT2D eigenvalue weighted by Crippen LogP contribution is -2.46. The van der Waals surface area contributed by atoms with E-state index in [0.717, 1.165) is 4.68 Å².